The van der Waals surface area contributed by atoms with Gasteiger partial charge in [0.25, 0.3) is 11.8 Å². The Bertz CT molecular complexity index is 2050. The summed E-state index contributed by atoms with van der Waals surface area (Å²) >= 11 is 2.55. The molecule has 8 atom stereocenters. The molecule has 0 saturated heterocycles. The number of thioether (sulfide) groups is 2. The summed E-state index contributed by atoms with van der Waals surface area (Å²) in [7, 11) is 0. The first kappa shape index (κ1) is 56.1. The number of aliphatic hydroxyl groups excluding tert-OH is 2. The van der Waals surface area contributed by atoms with Gasteiger partial charge in [0.1, 0.15) is 23.7 Å². The molecule has 2 aliphatic rings. The Morgan fingerprint density at radius 3 is 1.38 bits per heavy atom. The lowest BCUT2D eigenvalue weighted by Crippen LogP contribution is -2.56. The third-order valence-corrected chi connectivity index (χ3v) is 12.6. The van der Waals surface area contributed by atoms with Gasteiger partial charge in [-0.3, -0.25) is 29.8 Å². The molecule has 2 saturated carbocycles. The number of rotatable bonds is 24. The van der Waals surface area contributed by atoms with Crippen LogP contribution in [0.3, 0.4) is 0 Å². The van der Waals surface area contributed by atoms with E-state index >= 15 is 0 Å². The van der Waals surface area contributed by atoms with Crippen molar-refractivity contribution in [3.8, 4) is 0 Å². The first-order valence-corrected chi connectivity index (χ1v) is 24.4. The number of carbonyl (C=O) groups excluding carboxylic acids is 4. The largest absolute Gasteiger partial charge is 0.407 e. The predicted octanol–water partition coefficient (Wildman–Crippen LogP) is 6.39. The van der Waals surface area contributed by atoms with Crippen LogP contribution < -0.4 is 31.9 Å². The van der Waals surface area contributed by atoms with Crippen LogP contribution in [0.1, 0.15) is 82.0 Å². The molecule has 2 aliphatic carbocycles. The maximum Gasteiger partial charge on any atom is 0.407 e. The second-order valence-corrected chi connectivity index (χ2v) is 18.5. The Kier molecular flexibility index (Phi) is 21.9. The second kappa shape index (κ2) is 26.5. The van der Waals surface area contributed by atoms with Crippen LogP contribution in [0.4, 0.5) is 35.1 Å². The Balaban J connectivity index is 0.000000299. The first-order valence-electron chi connectivity index (χ1n) is 22.1. The Labute approximate surface area is 398 Å². The Morgan fingerprint density at radius 1 is 0.618 bits per heavy atom. The fourth-order valence-electron chi connectivity index (χ4n) is 6.66. The zero-order valence-corrected chi connectivity index (χ0v) is 39.1. The molecule has 376 valence electrons. The van der Waals surface area contributed by atoms with Gasteiger partial charge < -0.3 is 31.5 Å². The summed E-state index contributed by atoms with van der Waals surface area (Å²) in [6.45, 7) is 3.30. The van der Waals surface area contributed by atoms with Gasteiger partial charge in [0.15, 0.2) is 12.2 Å². The lowest BCUT2D eigenvalue weighted by molar-refractivity contribution is -0.162. The van der Waals surface area contributed by atoms with Crippen molar-refractivity contribution in [2.24, 2.45) is 0 Å². The van der Waals surface area contributed by atoms with Gasteiger partial charge in [-0.25, -0.2) is 8.78 Å². The lowest BCUT2D eigenvalue weighted by Gasteiger charge is -2.29. The van der Waals surface area contributed by atoms with E-state index in [1.165, 1.54) is 23.5 Å². The second-order valence-electron chi connectivity index (χ2n) is 16.4. The van der Waals surface area contributed by atoms with Crippen LogP contribution in [0.5, 0.6) is 0 Å². The highest BCUT2D eigenvalue weighted by atomic mass is 32.2. The highest BCUT2D eigenvalue weighted by molar-refractivity contribution is 7.99. The molecule has 0 radical (unpaired) electrons. The van der Waals surface area contributed by atoms with Crippen molar-refractivity contribution in [3.63, 3.8) is 0 Å². The molecule has 8 N–H and O–H groups in total. The summed E-state index contributed by atoms with van der Waals surface area (Å²) < 4.78 is 110. The van der Waals surface area contributed by atoms with Crippen molar-refractivity contribution >= 4 is 47.2 Å². The van der Waals surface area contributed by atoms with Crippen LogP contribution in [-0.4, -0.2) is 112 Å². The molecule has 22 heteroatoms. The molecule has 0 aliphatic heterocycles. The van der Waals surface area contributed by atoms with Gasteiger partial charge in [-0.2, -0.15) is 38.1 Å². The molecule has 5 rings (SSSR count). The third kappa shape index (κ3) is 18.4. The zero-order chi connectivity index (χ0) is 50.2. The molecule has 12 nitrogen and oxygen atoms in total. The number of hydrogen-bond acceptors (Lipinski definition) is 10. The van der Waals surface area contributed by atoms with E-state index in [9.17, 15) is 64.5 Å². The quantitative estimate of drug-likeness (QED) is 0.0371. The van der Waals surface area contributed by atoms with E-state index in [0.29, 0.717) is 5.75 Å². The number of nitrogens with one attached hydrogen (secondary N) is 6. The minimum absolute atomic E-state index is 0.000276. The molecule has 0 heterocycles. The Morgan fingerprint density at radius 2 is 1.01 bits per heavy atom. The minimum atomic E-state index is -4.78. The summed E-state index contributed by atoms with van der Waals surface area (Å²) in [6.07, 6.45) is -7.05. The SMILES string of the molecule is CC[C@H](NC(=O)[C@H](CCSC)N[C@@H](c1ccc(F)cc1)C(F)(F)F)C(O)C(=O)NC1CC1.CC[C@H](NC(=O)[C@H](CSc1ccccc1)N[C@@H](c1ccc(F)cc1)C(F)(F)F)C(O)C(=O)NC1CC1. The van der Waals surface area contributed by atoms with E-state index < -0.39 is 96.1 Å². The smallest absolute Gasteiger partial charge is 0.381 e. The van der Waals surface area contributed by atoms with Crippen molar-refractivity contribution in [2.75, 3.05) is 17.8 Å². The molecule has 0 spiro atoms. The van der Waals surface area contributed by atoms with Crippen molar-refractivity contribution in [3.05, 3.63) is 102 Å². The number of carbonyl (C=O) groups is 4. The van der Waals surface area contributed by atoms with E-state index in [4.69, 9.17) is 0 Å². The number of aliphatic hydroxyl groups is 2. The van der Waals surface area contributed by atoms with Gasteiger partial charge >= 0.3 is 12.4 Å². The number of hydrogen-bond donors (Lipinski definition) is 8. The average molecular weight is 1010 g/mol. The van der Waals surface area contributed by atoms with Gasteiger partial charge in [0, 0.05) is 22.7 Å². The van der Waals surface area contributed by atoms with E-state index in [-0.39, 0.29) is 48.2 Å². The fraction of sp³-hybridized carbons (Fsp3) is 0.522. The van der Waals surface area contributed by atoms with Crippen molar-refractivity contribution < 1.29 is 64.5 Å². The van der Waals surface area contributed by atoms with Crippen LogP contribution in [0.25, 0.3) is 0 Å². The van der Waals surface area contributed by atoms with Crippen molar-refractivity contribution in [1.82, 2.24) is 31.9 Å². The fourth-order valence-corrected chi connectivity index (χ4v) is 8.09. The molecule has 2 fully saturated rings. The topological polar surface area (TPSA) is 181 Å². The molecule has 3 aromatic rings. The van der Waals surface area contributed by atoms with E-state index in [1.54, 1.807) is 50.4 Å². The molecular formula is C46H58F8N6O6S2. The molecule has 4 amide bonds. The van der Waals surface area contributed by atoms with E-state index in [0.717, 1.165) is 79.1 Å². The normalized spacial score (nSPS) is 17.4. The molecular weight excluding hydrogens is 949 g/mol. The summed E-state index contributed by atoms with van der Waals surface area (Å²) in [5, 5.41) is 35.8. The monoisotopic (exact) mass is 1010 g/mol. The highest BCUT2D eigenvalue weighted by Crippen LogP contribution is 2.35. The number of benzene rings is 3. The number of alkyl halides is 6. The standard InChI is InChI=1S/C25H29F4N3O3S.C21H29F4N3O3S/c1-2-19(21(33)24(35)30-17-12-13-17)32-23(34)20(14-36-18-6-4-3-5-7-18)31-22(25(27,28)29)15-8-10-16(26)11-9-15;1-3-15(17(29)20(31)26-14-8-9-14)28-19(30)16(10-11-32-2)27-18(21(23,24)25)12-4-6-13(22)7-5-12/h3-11,17,19-22,31,33H,2,12-14H2,1H3,(H,30,35)(H,32,34);4-7,14-18,27,29H,3,8-11H2,1-2H3,(H,26,31)(H,28,30)/t19-,20-,21?,22-;15-,16-,17?,18-/m00/s1. The zero-order valence-electron chi connectivity index (χ0n) is 37.5. The Hall–Kier alpha value is -4.48. The van der Waals surface area contributed by atoms with Crippen LogP contribution in [0.15, 0.2) is 83.8 Å². The maximum absolute atomic E-state index is 14.0. The van der Waals surface area contributed by atoms with E-state index in [2.05, 4.69) is 31.9 Å². The van der Waals surface area contributed by atoms with Crippen molar-refractivity contribution in [1.29, 1.82) is 0 Å². The highest BCUT2D eigenvalue weighted by Gasteiger charge is 2.45. The first-order chi connectivity index (χ1) is 32.1. The summed E-state index contributed by atoms with van der Waals surface area (Å²) in [6, 6.07) is 7.68. The molecule has 68 heavy (non-hydrogen) atoms. The van der Waals surface area contributed by atoms with Gasteiger partial charge in [-0.15, -0.1) is 11.8 Å². The summed E-state index contributed by atoms with van der Waals surface area (Å²) in [5.74, 6) is -3.81. The molecule has 0 aromatic heterocycles. The third-order valence-electron chi connectivity index (χ3n) is 10.9. The summed E-state index contributed by atoms with van der Waals surface area (Å²) in [4.78, 5) is 51.2. The van der Waals surface area contributed by atoms with Crippen LogP contribution in [0, 0.1) is 11.6 Å². The molecule has 2 unspecified atom stereocenters. The molecule has 3 aromatic carbocycles. The minimum Gasteiger partial charge on any atom is -0.381 e. The van der Waals surface area contributed by atoms with Crippen LogP contribution in [0.2, 0.25) is 0 Å². The van der Waals surface area contributed by atoms with Gasteiger partial charge in [-0.1, -0.05) is 56.3 Å². The predicted molar refractivity (Wildman–Crippen MR) is 243 cm³/mol. The van der Waals surface area contributed by atoms with Crippen LogP contribution in [-0.2, 0) is 19.2 Å². The number of halogens is 8. The van der Waals surface area contributed by atoms with E-state index in [1.807, 2.05) is 0 Å². The molecule has 0 bridgehead atoms. The van der Waals surface area contributed by atoms with Crippen molar-refractivity contribution in [2.45, 2.75) is 137 Å². The van der Waals surface area contributed by atoms with Crippen LogP contribution >= 0.6 is 23.5 Å². The van der Waals surface area contributed by atoms with Gasteiger partial charge in [-0.05, 0) is 104 Å². The maximum atomic E-state index is 14.0. The van der Waals surface area contributed by atoms with Gasteiger partial charge in [0.2, 0.25) is 11.8 Å². The average Bonchev–Trinajstić information content (AvgIpc) is 4.26. The van der Waals surface area contributed by atoms with Gasteiger partial charge in [0.05, 0.1) is 24.2 Å². The number of amides is 4. The summed E-state index contributed by atoms with van der Waals surface area (Å²) in [5.41, 5.74) is -0.473. The lowest BCUT2D eigenvalue weighted by atomic mass is 10.0.